The number of aromatic nitrogens is 1. The lowest BCUT2D eigenvalue weighted by Gasteiger charge is -2.13. The summed E-state index contributed by atoms with van der Waals surface area (Å²) in [6.07, 6.45) is 3.77. The van der Waals surface area contributed by atoms with E-state index in [0.29, 0.717) is 30.0 Å². The Balaban J connectivity index is 1.52. The van der Waals surface area contributed by atoms with E-state index in [-0.39, 0.29) is 0 Å². The molecule has 0 radical (unpaired) electrons. The largest absolute Gasteiger partial charge is 0.489 e. The molecule has 0 atom stereocenters. The van der Waals surface area contributed by atoms with Gasteiger partial charge in [-0.1, -0.05) is 36.4 Å². The number of fused-ring (bicyclic) bond motifs is 1. The van der Waals surface area contributed by atoms with Crippen molar-refractivity contribution in [3.8, 4) is 11.8 Å². The summed E-state index contributed by atoms with van der Waals surface area (Å²) < 4.78 is 5.95. The van der Waals surface area contributed by atoms with E-state index in [1.807, 2.05) is 36.4 Å². The second-order valence-electron chi connectivity index (χ2n) is 7.56. The molecule has 1 heterocycles. The van der Waals surface area contributed by atoms with Crippen LogP contribution in [0.25, 0.3) is 17.0 Å². The Kier molecular flexibility index (Phi) is 7.13. The second-order valence-corrected chi connectivity index (χ2v) is 7.56. The summed E-state index contributed by atoms with van der Waals surface area (Å²) in [4.78, 5) is 16.1. The lowest BCUT2D eigenvalue weighted by atomic mass is 10.1. The Morgan fingerprint density at radius 2 is 1.82 bits per heavy atom. The van der Waals surface area contributed by atoms with Gasteiger partial charge in [-0.3, -0.25) is 15.0 Å². The van der Waals surface area contributed by atoms with Crippen LogP contribution in [0.1, 0.15) is 21.5 Å². The number of pyridine rings is 1. The van der Waals surface area contributed by atoms with Crippen molar-refractivity contribution in [2.45, 2.75) is 0 Å². The van der Waals surface area contributed by atoms with Crippen molar-refractivity contribution < 1.29 is 14.7 Å². The van der Waals surface area contributed by atoms with Crippen molar-refractivity contribution >= 4 is 28.6 Å². The minimum absolute atomic E-state index is 0.318. The third-order valence-electron chi connectivity index (χ3n) is 5.16. The lowest BCUT2D eigenvalue weighted by molar-refractivity contribution is 0.0706. The van der Waals surface area contributed by atoms with Gasteiger partial charge < -0.3 is 10.1 Å². The molecular formula is C27H22N4O3. The molecule has 34 heavy (non-hydrogen) atoms. The normalized spacial score (nSPS) is 11.0. The highest BCUT2D eigenvalue weighted by Crippen LogP contribution is 2.18. The molecule has 7 nitrogen and oxygen atoms in total. The van der Waals surface area contributed by atoms with E-state index in [4.69, 9.17) is 15.2 Å². The molecule has 0 fully saturated rings. The summed E-state index contributed by atoms with van der Waals surface area (Å²) >= 11 is 0. The maximum Gasteiger partial charge on any atom is 0.274 e. The van der Waals surface area contributed by atoms with Gasteiger partial charge in [0.25, 0.3) is 5.91 Å². The number of nitrogens with zero attached hydrogens (tertiary/aromatic N) is 2. The van der Waals surface area contributed by atoms with E-state index < -0.39 is 5.91 Å². The Bertz CT molecular complexity index is 1360. The second kappa shape index (κ2) is 10.8. The van der Waals surface area contributed by atoms with E-state index >= 15 is 0 Å². The van der Waals surface area contributed by atoms with Gasteiger partial charge in [-0.25, -0.2) is 5.48 Å². The molecule has 7 heteroatoms. The Hall–Kier alpha value is -4.67. The SMILES string of the molecule is N#Cc1ccc(OC/C(=C/c2ccc(C(=O)NO)cc2)CNc2cnc3ccccc3c2)cc1. The molecule has 1 amide bonds. The topological polar surface area (TPSA) is 107 Å². The first-order valence-electron chi connectivity index (χ1n) is 10.6. The van der Waals surface area contributed by atoms with Crippen molar-refractivity contribution in [2.24, 2.45) is 0 Å². The van der Waals surface area contributed by atoms with Crippen LogP contribution in [-0.2, 0) is 0 Å². The van der Waals surface area contributed by atoms with Crippen LogP contribution in [-0.4, -0.2) is 29.3 Å². The van der Waals surface area contributed by atoms with Crippen LogP contribution in [0.15, 0.2) is 90.6 Å². The van der Waals surface area contributed by atoms with E-state index in [1.54, 1.807) is 60.2 Å². The number of ether oxygens (including phenoxy) is 1. The van der Waals surface area contributed by atoms with Crippen molar-refractivity contribution in [2.75, 3.05) is 18.5 Å². The zero-order chi connectivity index (χ0) is 23.8. The number of hydrogen-bond donors (Lipinski definition) is 3. The molecule has 168 valence electrons. The van der Waals surface area contributed by atoms with E-state index in [0.717, 1.165) is 27.7 Å². The Morgan fingerprint density at radius 1 is 1.06 bits per heavy atom. The highest BCUT2D eigenvalue weighted by Gasteiger charge is 2.06. The number of amides is 1. The molecule has 1 aromatic heterocycles. The average molecular weight is 450 g/mol. The first kappa shape index (κ1) is 22.5. The Labute approximate surface area is 196 Å². The molecule has 3 aromatic carbocycles. The van der Waals surface area contributed by atoms with E-state index in [2.05, 4.69) is 16.4 Å². The van der Waals surface area contributed by atoms with Crippen LogP contribution >= 0.6 is 0 Å². The highest BCUT2D eigenvalue weighted by atomic mass is 16.5. The predicted octanol–water partition coefficient (Wildman–Crippen LogP) is 4.80. The molecule has 0 saturated carbocycles. The smallest absolute Gasteiger partial charge is 0.274 e. The molecule has 0 spiro atoms. The maximum absolute atomic E-state index is 11.6. The highest BCUT2D eigenvalue weighted by molar-refractivity contribution is 5.93. The molecule has 0 bridgehead atoms. The summed E-state index contributed by atoms with van der Waals surface area (Å²) in [6.45, 7) is 0.827. The number of hydrogen-bond acceptors (Lipinski definition) is 6. The van der Waals surface area contributed by atoms with Crippen LogP contribution in [0.3, 0.4) is 0 Å². The van der Waals surface area contributed by atoms with Gasteiger partial charge in [0.05, 0.1) is 29.0 Å². The van der Waals surface area contributed by atoms with Crippen molar-refractivity contribution in [3.63, 3.8) is 0 Å². The van der Waals surface area contributed by atoms with Crippen LogP contribution in [0.4, 0.5) is 5.69 Å². The first-order chi connectivity index (χ1) is 16.6. The average Bonchev–Trinajstić information content (AvgIpc) is 2.90. The quantitative estimate of drug-likeness (QED) is 0.263. The molecule has 0 aliphatic heterocycles. The van der Waals surface area contributed by atoms with Gasteiger partial charge in [-0.15, -0.1) is 0 Å². The minimum Gasteiger partial charge on any atom is -0.489 e. The van der Waals surface area contributed by atoms with Gasteiger partial charge in [0.2, 0.25) is 0 Å². The van der Waals surface area contributed by atoms with E-state index in [9.17, 15) is 4.79 Å². The summed E-state index contributed by atoms with van der Waals surface area (Å²) in [6, 6.07) is 25.9. The standard InChI is InChI=1S/C27H22N4O3/c28-15-20-7-11-25(12-8-20)34-18-21(13-19-5-9-22(10-6-19)27(32)31-33)16-29-24-14-23-3-1-2-4-26(23)30-17-24/h1-14,17,29,33H,16,18H2,(H,31,32)/b21-13+. The fraction of sp³-hybridized carbons (Fsp3) is 0.0741. The zero-order valence-electron chi connectivity index (χ0n) is 18.2. The zero-order valence-corrected chi connectivity index (χ0v) is 18.2. The number of carbonyl (C=O) groups is 1. The molecule has 0 aliphatic rings. The molecule has 0 aliphatic carbocycles. The summed E-state index contributed by atoms with van der Waals surface area (Å²) in [5, 5.41) is 22.2. The number of nitrogens with one attached hydrogen (secondary N) is 2. The molecule has 0 saturated heterocycles. The third-order valence-corrected chi connectivity index (χ3v) is 5.16. The lowest BCUT2D eigenvalue weighted by Crippen LogP contribution is -2.18. The van der Waals surface area contributed by atoms with Gasteiger partial charge >= 0.3 is 0 Å². The van der Waals surface area contributed by atoms with Gasteiger partial charge in [-0.05, 0) is 59.7 Å². The van der Waals surface area contributed by atoms with Gasteiger partial charge in [-0.2, -0.15) is 5.26 Å². The number of rotatable bonds is 8. The van der Waals surface area contributed by atoms with E-state index in [1.165, 1.54) is 0 Å². The number of nitriles is 1. The minimum atomic E-state index is -0.564. The molecular weight excluding hydrogens is 428 g/mol. The van der Waals surface area contributed by atoms with Crippen LogP contribution in [0.2, 0.25) is 0 Å². The van der Waals surface area contributed by atoms with Crippen molar-refractivity contribution in [3.05, 3.63) is 107 Å². The number of carbonyl (C=O) groups excluding carboxylic acids is 1. The molecule has 4 rings (SSSR count). The Morgan fingerprint density at radius 3 is 2.56 bits per heavy atom. The summed E-state index contributed by atoms with van der Waals surface area (Å²) in [5.74, 6) is 0.0950. The van der Waals surface area contributed by atoms with Gasteiger partial charge in [0, 0.05) is 17.5 Å². The molecule has 3 N–H and O–H groups in total. The number of benzene rings is 3. The van der Waals surface area contributed by atoms with Crippen LogP contribution < -0.4 is 15.5 Å². The number of hydroxylamine groups is 1. The fourth-order valence-corrected chi connectivity index (χ4v) is 3.36. The number of anilines is 1. The number of para-hydroxylation sites is 1. The summed E-state index contributed by atoms with van der Waals surface area (Å²) in [5.41, 5.74) is 6.21. The molecule has 4 aromatic rings. The predicted molar refractivity (Wildman–Crippen MR) is 131 cm³/mol. The van der Waals surface area contributed by atoms with Gasteiger partial charge in [0.1, 0.15) is 12.4 Å². The van der Waals surface area contributed by atoms with Crippen LogP contribution in [0, 0.1) is 11.3 Å². The third kappa shape index (κ3) is 5.76. The van der Waals surface area contributed by atoms with Crippen molar-refractivity contribution in [1.29, 1.82) is 5.26 Å². The summed E-state index contributed by atoms with van der Waals surface area (Å²) in [7, 11) is 0. The molecule has 0 unspecified atom stereocenters. The maximum atomic E-state index is 11.6. The fourth-order valence-electron chi connectivity index (χ4n) is 3.36. The van der Waals surface area contributed by atoms with Crippen LogP contribution in [0.5, 0.6) is 5.75 Å². The van der Waals surface area contributed by atoms with Crippen molar-refractivity contribution in [1.82, 2.24) is 10.5 Å². The monoisotopic (exact) mass is 450 g/mol. The van der Waals surface area contributed by atoms with Gasteiger partial charge in [0.15, 0.2) is 0 Å². The first-order valence-corrected chi connectivity index (χ1v) is 10.6.